The van der Waals surface area contributed by atoms with Crippen LogP contribution in [0.25, 0.3) is 0 Å². The molecule has 0 bridgehead atoms. The van der Waals surface area contributed by atoms with E-state index in [-0.39, 0.29) is 13.0 Å². The minimum absolute atomic E-state index is 0.206. The van der Waals surface area contributed by atoms with Gasteiger partial charge in [-0.1, -0.05) is 49.8 Å². The highest BCUT2D eigenvalue weighted by atomic mass is 79.9. The monoisotopic (exact) mass is 489 g/mol. The summed E-state index contributed by atoms with van der Waals surface area (Å²) < 4.78 is 14.0. The van der Waals surface area contributed by atoms with Gasteiger partial charge >= 0.3 is 5.69 Å². The normalized spacial score (nSPS) is 28.3. The molecule has 2 N–H and O–H groups in total. The van der Waals surface area contributed by atoms with Gasteiger partial charge in [-0.25, -0.2) is 4.79 Å². The van der Waals surface area contributed by atoms with Crippen molar-refractivity contribution in [2.45, 2.75) is 89.0 Å². The van der Waals surface area contributed by atoms with Crippen molar-refractivity contribution in [2.75, 3.05) is 6.61 Å². The Morgan fingerprint density at radius 1 is 1.31 bits per heavy atom. The van der Waals surface area contributed by atoms with Crippen molar-refractivity contribution in [3.05, 3.63) is 32.6 Å². The third-order valence-electron chi connectivity index (χ3n) is 5.68. The fourth-order valence-corrected chi connectivity index (χ4v) is 5.70. The van der Waals surface area contributed by atoms with E-state index in [4.69, 9.17) is 9.47 Å². The zero-order chi connectivity index (χ0) is 22.4. The lowest BCUT2D eigenvalue weighted by atomic mass is 9.72. The van der Waals surface area contributed by atoms with Crippen LogP contribution in [-0.4, -0.2) is 47.4 Å². The molecule has 1 aliphatic rings. The number of aliphatic hydroxyl groups is 1. The largest absolute Gasteiger partial charge is 0.386 e. The predicted octanol–water partition coefficient (Wildman–Crippen LogP) is 2.76. The molecule has 0 saturated carbocycles. The van der Waals surface area contributed by atoms with Crippen LogP contribution in [0, 0.1) is 5.41 Å². The molecule has 3 atom stereocenters. The van der Waals surface area contributed by atoms with Crippen LogP contribution >= 0.6 is 15.9 Å². The lowest BCUT2D eigenvalue weighted by Crippen LogP contribution is -2.54. The molecule has 29 heavy (non-hydrogen) atoms. The first kappa shape index (κ1) is 24.5. The fourth-order valence-electron chi connectivity index (χ4n) is 3.65. The zero-order valence-electron chi connectivity index (χ0n) is 18.7. The second-order valence-electron chi connectivity index (χ2n) is 10.1. The van der Waals surface area contributed by atoms with E-state index >= 15 is 0 Å². The predicted molar refractivity (Wildman–Crippen MR) is 119 cm³/mol. The van der Waals surface area contributed by atoms with Crippen molar-refractivity contribution in [3.63, 3.8) is 0 Å². The molecule has 0 amide bonds. The van der Waals surface area contributed by atoms with Crippen LogP contribution in [-0.2, 0) is 20.2 Å². The first-order valence-corrected chi connectivity index (χ1v) is 13.5. The first-order chi connectivity index (χ1) is 13.1. The van der Waals surface area contributed by atoms with Gasteiger partial charge in [0.05, 0.1) is 12.2 Å². The van der Waals surface area contributed by atoms with E-state index in [9.17, 15) is 14.7 Å². The zero-order valence-corrected chi connectivity index (χ0v) is 21.3. The summed E-state index contributed by atoms with van der Waals surface area (Å²) in [6.07, 6.45) is 1.19. The van der Waals surface area contributed by atoms with Crippen LogP contribution in [0.5, 0.6) is 0 Å². The fraction of sp³-hybridized carbons (Fsp3) is 0.800. The van der Waals surface area contributed by atoms with E-state index in [1.54, 1.807) is 6.20 Å². The van der Waals surface area contributed by atoms with Crippen LogP contribution < -0.4 is 11.2 Å². The average molecular weight is 490 g/mol. The molecule has 0 aliphatic carbocycles. The van der Waals surface area contributed by atoms with Gasteiger partial charge in [0.2, 0.25) is 0 Å². The van der Waals surface area contributed by atoms with Crippen LogP contribution in [0.15, 0.2) is 15.8 Å². The number of rotatable bonds is 5. The van der Waals surface area contributed by atoms with Crippen molar-refractivity contribution in [3.8, 4) is 0 Å². The summed E-state index contributed by atoms with van der Waals surface area (Å²) in [5.74, 6) is 0. The molecule has 1 fully saturated rings. The van der Waals surface area contributed by atoms with Crippen LogP contribution in [0.3, 0.4) is 0 Å². The molecule has 1 radical (unpaired) electrons. The van der Waals surface area contributed by atoms with Gasteiger partial charge in [-0.05, 0) is 26.2 Å². The van der Waals surface area contributed by atoms with Crippen molar-refractivity contribution in [1.29, 1.82) is 0 Å². The Morgan fingerprint density at radius 3 is 2.34 bits per heavy atom. The summed E-state index contributed by atoms with van der Waals surface area (Å²) in [7, 11) is -1.31. The number of ether oxygens (including phenoxy) is 2. The Bertz CT molecular complexity index is 854. The van der Waals surface area contributed by atoms with Gasteiger partial charge in [0.25, 0.3) is 5.56 Å². The summed E-state index contributed by atoms with van der Waals surface area (Å²) in [5, 5.41) is 11.1. The second kappa shape index (κ2) is 8.07. The van der Waals surface area contributed by atoms with Crippen molar-refractivity contribution in [2.24, 2.45) is 5.41 Å². The third-order valence-corrected chi connectivity index (χ3v) is 8.38. The summed E-state index contributed by atoms with van der Waals surface area (Å²) in [5.41, 5.74) is -2.63. The van der Waals surface area contributed by atoms with Crippen LogP contribution in [0.4, 0.5) is 0 Å². The minimum Gasteiger partial charge on any atom is -0.386 e. The smallest absolute Gasteiger partial charge is 0.330 e. The van der Waals surface area contributed by atoms with E-state index in [1.165, 1.54) is 4.57 Å². The highest BCUT2D eigenvalue weighted by molar-refractivity contribution is 9.08. The van der Waals surface area contributed by atoms with E-state index in [0.717, 1.165) is 0 Å². The molecule has 2 heterocycles. The number of nitrogens with zero attached hydrogens (tertiary/aromatic N) is 1. The SMILES string of the molecule is C[Si](C)[C@]1(n2cc(CBr)c(=O)[nH]c2=O)C[C@@](O)(C(C)(C)C)[C@@H](COC(C)(C)C)O1. The van der Waals surface area contributed by atoms with Gasteiger partial charge in [-0.15, -0.1) is 0 Å². The molecule has 9 heteroatoms. The maximum Gasteiger partial charge on any atom is 0.330 e. The number of halogens is 1. The molecular weight excluding hydrogens is 456 g/mol. The molecule has 165 valence electrons. The maximum absolute atomic E-state index is 12.8. The second-order valence-corrected chi connectivity index (χ2v) is 13.4. The van der Waals surface area contributed by atoms with E-state index in [2.05, 4.69) is 20.9 Å². The molecule has 0 spiro atoms. The summed E-state index contributed by atoms with van der Waals surface area (Å²) >= 11 is 3.31. The van der Waals surface area contributed by atoms with Gasteiger partial charge in [0, 0.05) is 23.5 Å². The van der Waals surface area contributed by atoms with Gasteiger partial charge < -0.3 is 14.6 Å². The number of nitrogens with one attached hydrogen (secondary N) is 1. The van der Waals surface area contributed by atoms with Crippen LogP contribution in [0.2, 0.25) is 13.1 Å². The molecule has 0 aromatic carbocycles. The Balaban J connectivity index is 2.65. The number of aromatic amines is 1. The summed E-state index contributed by atoms with van der Waals surface area (Å²) in [6.45, 7) is 16.1. The number of hydrogen-bond acceptors (Lipinski definition) is 5. The molecule has 1 aromatic heterocycles. The topological polar surface area (TPSA) is 93.6 Å². The molecular formula is C20H34BrN2O5Si. The van der Waals surface area contributed by atoms with Crippen LogP contribution in [0.1, 0.15) is 53.5 Å². The Labute approximate surface area is 182 Å². The number of aromatic nitrogens is 2. The van der Waals surface area contributed by atoms with Gasteiger partial charge in [-0.3, -0.25) is 14.3 Å². The molecule has 2 rings (SSSR count). The van der Waals surface area contributed by atoms with Gasteiger partial charge in [-0.2, -0.15) is 0 Å². The Hall–Kier alpha value is -0.743. The Morgan fingerprint density at radius 2 is 1.90 bits per heavy atom. The first-order valence-electron chi connectivity index (χ1n) is 9.83. The number of hydrogen-bond donors (Lipinski definition) is 2. The minimum atomic E-state index is -1.31. The van der Waals surface area contributed by atoms with Crippen molar-refractivity contribution in [1.82, 2.24) is 9.55 Å². The quantitative estimate of drug-likeness (QED) is 0.489. The summed E-state index contributed by atoms with van der Waals surface area (Å²) in [6, 6.07) is 0. The standard InChI is InChI=1S/C20H34BrN2O5Si/c1-17(2,3)19(26)12-20(29(7)8,28-14(19)11-27-18(4,5)6)23-10-13(9-21)15(24)22-16(23)25/h10,14,26H,9,11-12H2,1-8H3,(H,22,24,25)/t14-,19+,20+/m1/s1. The molecule has 0 unspecified atom stereocenters. The highest BCUT2D eigenvalue weighted by Gasteiger charge is 2.62. The van der Waals surface area contributed by atoms with Gasteiger partial charge in [0.1, 0.15) is 25.9 Å². The molecule has 7 nitrogen and oxygen atoms in total. The van der Waals surface area contributed by atoms with E-state index in [0.29, 0.717) is 10.9 Å². The Kier molecular flexibility index (Phi) is 6.82. The summed E-state index contributed by atoms with van der Waals surface area (Å²) in [4.78, 5) is 27.3. The van der Waals surface area contributed by atoms with E-state index < -0.39 is 48.1 Å². The lowest BCUT2D eigenvalue weighted by molar-refractivity contribution is -0.160. The highest BCUT2D eigenvalue weighted by Crippen LogP contribution is 2.50. The number of alkyl halides is 1. The molecule has 1 aromatic rings. The molecule has 1 saturated heterocycles. The third kappa shape index (κ3) is 4.63. The van der Waals surface area contributed by atoms with Gasteiger partial charge in [0.15, 0.2) is 0 Å². The van der Waals surface area contributed by atoms with Crippen molar-refractivity contribution >= 4 is 24.7 Å². The molecule has 1 aliphatic heterocycles. The van der Waals surface area contributed by atoms with Crippen molar-refractivity contribution < 1.29 is 14.6 Å². The van der Waals surface area contributed by atoms with E-state index in [1.807, 2.05) is 54.6 Å². The lowest BCUT2D eigenvalue weighted by Gasteiger charge is -2.41. The number of H-pyrrole nitrogens is 1. The average Bonchev–Trinajstić information content (AvgIpc) is 2.87. The maximum atomic E-state index is 12.8.